The predicted octanol–water partition coefficient (Wildman–Crippen LogP) is 3.40. The third kappa shape index (κ3) is 3.82. The molecule has 5 nitrogen and oxygen atoms in total. The van der Waals surface area contributed by atoms with Gasteiger partial charge in [-0.1, -0.05) is 42.5 Å². The van der Waals surface area contributed by atoms with Gasteiger partial charge in [-0.3, -0.25) is 4.79 Å². The van der Waals surface area contributed by atoms with Crippen LogP contribution < -0.4 is 10.6 Å². The van der Waals surface area contributed by atoms with E-state index in [1.807, 2.05) is 62.4 Å². The minimum atomic E-state index is -0.270. The van der Waals surface area contributed by atoms with Crippen molar-refractivity contribution in [3.05, 3.63) is 65.2 Å². The van der Waals surface area contributed by atoms with Gasteiger partial charge in [0.25, 0.3) is 0 Å². The van der Waals surface area contributed by atoms with Gasteiger partial charge in [-0.2, -0.15) is 0 Å². The SMILES string of the molecule is Cc1cccc(NC(=O)N2CCNC(=O)CC2c2ccccc2)c1C. The maximum Gasteiger partial charge on any atom is 0.322 e. The van der Waals surface area contributed by atoms with Gasteiger partial charge in [-0.15, -0.1) is 0 Å². The Morgan fingerprint density at radius 2 is 1.88 bits per heavy atom. The van der Waals surface area contributed by atoms with E-state index in [1.54, 1.807) is 4.90 Å². The van der Waals surface area contributed by atoms with Crippen molar-refractivity contribution in [2.75, 3.05) is 18.4 Å². The number of carbonyl (C=O) groups is 2. The van der Waals surface area contributed by atoms with Crippen molar-refractivity contribution in [3.63, 3.8) is 0 Å². The highest BCUT2D eigenvalue weighted by Crippen LogP contribution is 2.27. The molecule has 0 aliphatic carbocycles. The van der Waals surface area contributed by atoms with E-state index in [0.29, 0.717) is 13.1 Å². The molecule has 2 N–H and O–H groups in total. The molecule has 25 heavy (non-hydrogen) atoms. The zero-order valence-electron chi connectivity index (χ0n) is 14.6. The lowest BCUT2D eigenvalue weighted by Gasteiger charge is -2.30. The summed E-state index contributed by atoms with van der Waals surface area (Å²) in [6.07, 6.45) is 0.268. The van der Waals surface area contributed by atoms with Crippen molar-refractivity contribution in [1.82, 2.24) is 10.2 Å². The van der Waals surface area contributed by atoms with Crippen LogP contribution in [-0.4, -0.2) is 29.9 Å². The van der Waals surface area contributed by atoms with E-state index in [-0.39, 0.29) is 24.4 Å². The summed E-state index contributed by atoms with van der Waals surface area (Å²) in [7, 11) is 0. The van der Waals surface area contributed by atoms with Gasteiger partial charge in [-0.05, 0) is 36.6 Å². The molecular formula is C20H23N3O2. The van der Waals surface area contributed by atoms with E-state index in [2.05, 4.69) is 10.6 Å². The highest BCUT2D eigenvalue weighted by molar-refractivity contribution is 5.91. The van der Waals surface area contributed by atoms with Gasteiger partial charge in [-0.25, -0.2) is 4.79 Å². The van der Waals surface area contributed by atoms with Crippen LogP contribution in [0.15, 0.2) is 48.5 Å². The summed E-state index contributed by atoms with van der Waals surface area (Å²) in [6, 6.07) is 15.1. The quantitative estimate of drug-likeness (QED) is 0.882. The molecule has 1 aliphatic rings. The number of urea groups is 1. The molecule has 1 aliphatic heterocycles. The number of anilines is 1. The lowest BCUT2D eigenvalue weighted by atomic mass is 10.0. The molecule has 1 unspecified atom stereocenters. The Morgan fingerprint density at radius 1 is 1.12 bits per heavy atom. The average molecular weight is 337 g/mol. The Labute approximate surface area is 148 Å². The molecule has 3 rings (SSSR count). The largest absolute Gasteiger partial charge is 0.354 e. The molecule has 0 spiro atoms. The van der Waals surface area contributed by atoms with Gasteiger partial charge >= 0.3 is 6.03 Å². The molecule has 0 saturated carbocycles. The Hall–Kier alpha value is -2.82. The van der Waals surface area contributed by atoms with Crippen LogP contribution in [-0.2, 0) is 4.79 Å². The van der Waals surface area contributed by atoms with Crippen molar-refractivity contribution in [2.45, 2.75) is 26.3 Å². The van der Waals surface area contributed by atoms with Gasteiger partial charge in [0.05, 0.1) is 12.5 Å². The number of benzene rings is 2. The number of nitrogens with one attached hydrogen (secondary N) is 2. The summed E-state index contributed by atoms with van der Waals surface area (Å²) in [5.41, 5.74) is 3.96. The topological polar surface area (TPSA) is 61.4 Å². The lowest BCUT2D eigenvalue weighted by molar-refractivity contribution is -0.121. The number of hydrogen-bond donors (Lipinski definition) is 2. The monoisotopic (exact) mass is 337 g/mol. The van der Waals surface area contributed by atoms with Crippen LogP contribution in [0.4, 0.5) is 10.5 Å². The molecule has 2 aromatic rings. The summed E-state index contributed by atoms with van der Waals surface area (Å²) in [6.45, 7) is 4.95. The molecule has 1 saturated heterocycles. The molecule has 0 bridgehead atoms. The van der Waals surface area contributed by atoms with Gasteiger partial charge in [0, 0.05) is 18.8 Å². The zero-order valence-corrected chi connectivity index (χ0v) is 14.6. The molecule has 1 heterocycles. The normalized spacial score (nSPS) is 17.6. The third-order valence-corrected chi connectivity index (χ3v) is 4.72. The first kappa shape index (κ1) is 17.0. The lowest BCUT2D eigenvalue weighted by Crippen LogP contribution is -2.39. The number of hydrogen-bond acceptors (Lipinski definition) is 2. The van der Waals surface area contributed by atoms with E-state index in [9.17, 15) is 9.59 Å². The molecule has 1 atom stereocenters. The van der Waals surface area contributed by atoms with E-state index in [1.165, 1.54) is 0 Å². The van der Waals surface area contributed by atoms with Crippen molar-refractivity contribution >= 4 is 17.6 Å². The second-order valence-corrected chi connectivity index (χ2v) is 6.35. The summed E-state index contributed by atoms with van der Waals surface area (Å²) in [5.74, 6) is -0.0316. The van der Waals surface area contributed by atoms with Crippen LogP contribution in [0.3, 0.4) is 0 Å². The first-order valence-electron chi connectivity index (χ1n) is 8.52. The van der Waals surface area contributed by atoms with Crippen LogP contribution in [0.5, 0.6) is 0 Å². The molecule has 0 radical (unpaired) electrons. The fourth-order valence-corrected chi connectivity index (χ4v) is 3.12. The van der Waals surface area contributed by atoms with E-state index in [0.717, 1.165) is 22.4 Å². The standard InChI is InChI=1S/C20H23N3O2/c1-14-7-6-10-17(15(14)2)22-20(25)23-12-11-21-19(24)13-18(23)16-8-4-3-5-9-16/h3-10,18H,11-13H2,1-2H3,(H,21,24)(H,22,25). The van der Waals surface area contributed by atoms with Crippen molar-refractivity contribution in [2.24, 2.45) is 0 Å². The smallest absolute Gasteiger partial charge is 0.322 e. The first-order valence-corrected chi connectivity index (χ1v) is 8.52. The van der Waals surface area contributed by atoms with Crippen LogP contribution in [0.25, 0.3) is 0 Å². The first-order chi connectivity index (χ1) is 12.1. The fourth-order valence-electron chi connectivity index (χ4n) is 3.12. The number of nitrogens with zero attached hydrogens (tertiary/aromatic N) is 1. The van der Waals surface area contributed by atoms with Crippen LogP contribution >= 0.6 is 0 Å². The summed E-state index contributed by atoms with van der Waals surface area (Å²) in [4.78, 5) is 26.7. The molecule has 1 fully saturated rings. The summed E-state index contributed by atoms with van der Waals surface area (Å²) >= 11 is 0. The summed E-state index contributed by atoms with van der Waals surface area (Å²) < 4.78 is 0. The number of aryl methyl sites for hydroxylation is 1. The maximum absolute atomic E-state index is 12.9. The molecule has 5 heteroatoms. The van der Waals surface area contributed by atoms with Crippen molar-refractivity contribution < 1.29 is 9.59 Å². The number of amides is 3. The predicted molar refractivity (Wildman–Crippen MR) is 98.5 cm³/mol. The van der Waals surface area contributed by atoms with Gasteiger partial charge in [0.1, 0.15) is 0 Å². The number of carbonyl (C=O) groups excluding carboxylic acids is 2. The van der Waals surface area contributed by atoms with E-state index < -0.39 is 0 Å². The third-order valence-electron chi connectivity index (χ3n) is 4.72. The Bertz CT molecular complexity index is 774. The van der Waals surface area contributed by atoms with E-state index >= 15 is 0 Å². The molecule has 3 amide bonds. The minimum absolute atomic E-state index is 0.0316. The Balaban J connectivity index is 1.87. The van der Waals surface area contributed by atoms with E-state index in [4.69, 9.17) is 0 Å². The Morgan fingerprint density at radius 3 is 2.64 bits per heavy atom. The fraction of sp³-hybridized carbons (Fsp3) is 0.300. The van der Waals surface area contributed by atoms with Crippen molar-refractivity contribution in [3.8, 4) is 0 Å². The highest BCUT2D eigenvalue weighted by Gasteiger charge is 2.30. The van der Waals surface area contributed by atoms with Crippen LogP contribution in [0.2, 0.25) is 0 Å². The molecule has 2 aromatic carbocycles. The molecule has 130 valence electrons. The zero-order chi connectivity index (χ0) is 17.8. The highest BCUT2D eigenvalue weighted by atomic mass is 16.2. The number of rotatable bonds is 2. The second kappa shape index (κ2) is 7.38. The summed E-state index contributed by atoms with van der Waals surface area (Å²) in [5, 5.41) is 5.86. The van der Waals surface area contributed by atoms with Gasteiger partial charge < -0.3 is 15.5 Å². The minimum Gasteiger partial charge on any atom is -0.354 e. The van der Waals surface area contributed by atoms with Gasteiger partial charge in [0.2, 0.25) is 5.91 Å². The average Bonchev–Trinajstić information content (AvgIpc) is 2.81. The molecular weight excluding hydrogens is 314 g/mol. The van der Waals surface area contributed by atoms with Crippen LogP contribution in [0.1, 0.15) is 29.2 Å². The Kier molecular flexibility index (Phi) is 5.03. The molecule has 0 aromatic heterocycles. The van der Waals surface area contributed by atoms with Crippen molar-refractivity contribution in [1.29, 1.82) is 0 Å². The maximum atomic E-state index is 12.9. The second-order valence-electron chi connectivity index (χ2n) is 6.35. The van der Waals surface area contributed by atoms with Gasteiger partial charge in [0.15, 0.2) is 0 Å². The van der Waals surface area contributed by atoms with Crippen LogP contribution in [0, 0.1) is 13.8 Å².